The molecular formula is C20H23NO4. The van der Waals surface area contributed by atoms with E-state index in [1.807, 2.05) is 49.4 Å². The third-order valence-electron chi connectivity index (χ3n) is 4.06. The van der Waals surface area contributed by atoms with Crippen molar-refractivity contribution < 1.29 is 19.4 Å². The Balaban J connectivity index is 2.07. The highest BCUT2D eigenvalue weighted by atomic mass is 16.5. The number of aliphatic carboxylic acids is 1. The van der Waals surface area contributed by atoms with Crippen LogP contribution < -0.4 is 10.1 Å². The number of amides is 1. The van der Waals surface area contributed by atoms with Gasteiger partial charge < -0.3 is 15.2 Å². The number of ether oxygens (including phenoxy) is 1. The highest BCUT2D eigenvalue weighted by molar-refractivity contribution is 5.80. The summed E-state index contributed by atoms with van der Waals surface area (Å²) in [4.78, 5) is 23.5. The lowest BCUT2D eigenvalue weighted by Gasteiger charge is -2.18. The summed E-state index contributed by atoms with van der Waals surface area (Å²) in [7, 11) is 1.56. The molecule has 1 atom stereocenters. The Morgan fingerprint density at radius 2 is 1.72 bits per heavy atom. The van der Waals surface area contributed by atoms with Gasteiger partial charge in [-0.05, 0) is 30.5 Å². The predicted molar refractivity (Wildman–Crippen MR) is 95.8 cm³/mol. The minimum atomic E-state index is -0.934. The van der Waals surface area contributed by atoms with Gasteiger partial charge in [-0.3, -0.25) is 9.59 Å². The number of methoxy groups -OCH3 is 1. The van der Waals surface area contributed by atoms with Crippen molar-refractivity contribution >= 4 is 11.9 Å². The number of rotatable bonds is 8. The molecule has 0 bridgehead atoms. The van der Waals surface area contributed by atoms with Gasteiger partial charge in [-0.1, -0.05) is 42.5 Å². The van der Waals surface area contributed by atoms with E-state index in [4.69, 9.17) is 9.84 Å². The number of carbonyl (C=O) groups is 2. The molecule has 2 N–H and O–H groups in total. The van der Waals surface area contributed by atoms with Crippen molar-refractivity contribution in [1.29, 1.82) is 0 Å². The first kappa shape index (κ1) is 18.5. The zero-order valence-electron chi connectivity index (χ0n) is 14.5. The molecule has 5 nitrogen and oxygen atoms in total. The maximum Gasteiger partial charge on any atom is 0.305 e. The fourth-order valence-corrected chi connectivity index (χ4v) is 2.79. The lowest BCUT2D eigenvalue weighted by molar-refractivity contribution is -0.137. The molecule has 0 spiro atoms. The second kappa shape index (κ2) is 8.87. The van der Waals surface area contributed by atoms with E-state index < -0.39 is 12.0 Å². The van der Waals surface area contributed by atoms with E-state index in [1.54, 1.807) is 13.2 Å². The van der Waals surface area contributed by atoms with Crippen LogP contribution >= 0.6 is 0 Å². The van der Waals surface area contributed by atoms with Crippen LogP contribution in [0.3, 0.4) is 0 Å². The van der Waals surface area contributed by atoms with Crippen molar-refractivity contribution in [2.75, 3.05) is 7.11 Å². The highest BCUT2D eigenvalue weighted by Gasteiger charge is 2.18. The molecule has 0 radical (unpaired) electrons. The number of hydrogen-bond donors (Lipinski definition) is 2. The largest absolute Gasteiger partial charge is 0.496 e. The van der Waals surface area contributed by atoms with E-state index in [-0.39, 0.29) is 18.7 Å². The molecule has 0 heterocycles. The summed E-state index contributed by atoms with van der Waals surface area (Å²) in [5, 5.41) is 12.0. The predicted octanol–water partition coefficient (Wildman–Crippen LogP) is 2.75. The molecule has 0 fully saturated rings. The van der Waals surface area contributed by atoms with Crippen molar-refractivity contribution in [1.82, 2.24) is 5.32 Å². The van der Waals surface area contributed by atoms with Crippen LogP contribution in [0.25, 0.3) is 0 Å². The molecule has 0 unspecified atom stereocenters. The number of hydrogen-bond acceptors (Lipinski definition) is 3. The number of nitrogens with one attached hydrogen (secondary N) is 1. The van der Waals surface area contributed by atoms with Crippen LogP contribution in [-0.4, -0.2) is 30.1 Å². The third-order valence-corrected chi connectivity index (χ3v) is 4.06. The third kappa shape index (κ3) is 5.64. The molecule has 0 aliphatic carbocycles. The fourth-order valence-electron chi connectivity index (χ4n) is 2.79. The van der Waals surface area contributed by atoms with Gasteiger partial charge in [0.2, 0.25) is 5.91 Å². The summed E-state index contributed by atoms with van der Waals surface area (Å²) in [5.74, 6) is -0.508. The molecule has 132 valence electrons. The van der Waals surface area contributed by atoms with Gasteiger partial charge in [0.15, 0.2) is 0 Å². The zero-order valence-corrected chi connectivity index (χ0v) is 14.5. The van der Waals surface area contributed by atoms with Crippen LogP contribution in [-0.2, 0) is 22.4 Å². The Bertz CT molecular complexity index is 742. The summed E-state index contributed by atoms with van der Waals surface area (Å²) < 4.78 is 5.25. The van der Waals surface area contributed by atoms with E-state index in [9.17, 15) is 9.59 Å². The van der Waals surface area contributed by atoms with Gasteiger partial charge >= 0.3 is 5.97 Å². The molecule has 5 heteroatoms. The summed E-state index contributed by atoms with van der Waals surface area (Å²) in [6, 6.07) is 14.6. The molecule has 2 rings (SSSR count). The van der Waals surface area contributed by atoms with Gasteiger partial charge in [0.1, 0.15) is 5.75 Å². The number of aryl methyl sites for hydroxylation is 1. The quantitative estimate of drug-likeness (QED) is 0.774. The van der Waals surface area contributed by atoms with Crippen molar-refractivity contribution in [3.63, 3.8) is 0 Å². The number of carbonyl (C=O) groups excluding carboxylic acids is 1. The van der Waals surface area contributed by atoms with Gasteiger partial charge in [-0.25, -0.2) is 0 Å². The van der Waals surface area contributed by atoms with E-state index in [0.29, 0.717) is 12.2 Å². The van der Waals surface area contributed by atoms with Crippen LogP contribution in [0.1, 0.15) is 23.1 Å². The second-order valence-corrected chi connectivity index (χ2v) is 5.98. The molecule has 2 aromatic rings. The molecule has 0 aliphatic heterocycles. The summed E-state index contributed by atoms with van der Waals surface area (Å²) in [5.41, 5.74) is 2.88. The smallest absolute Gasteiger partial charge is 0.305 e. The standard InChI is InChI=1S/C20H23NO4/c1-14-7-3-4-8-15(14)11-17(13-20(23)24)21-19(22)12-16-9-5-6-10-18(16)25-2/h3-10,17H,11-13H2,1-2H3,(H,21,22)(H,23,24)/t17-/m0/s1. The summed E-state index contributed by atoms with van der Waals surface area (Å²) >= 11 is 0. The zero-order chi connectivity index (χ0) is 18.2. The number of carboxylic acid groups (broad SMARTS) is 1. The summed E-state index contributed by atoms with van der Waals surface area (Å²) in [6.07, 6.45) is 0.510. The van der Waals surface area contributed by atoms with Gasteiger partial charge in [0.05, 0.1) is 20.0 Å². The summed E-state index contributed by atoms with van der Waals surface area (Å²) in [6.45, 7) is 1.98. The first-order valence-corrected chi connectivity index (χ1v) is 8.17. The van der Waals surface area contributed by atoms with Crippen LogP contribution in [0, 0.1) is 6.92 Å². The van der Waals surface area contributed by atoms with Crippen LogP contribution in [0.2, 0.25) is 0 Å². The monoisotopic (exact) mass is 341 g/mol. The van der Waals surface area contributed by atoms with E-state index in [1.165, 1.54) is 0 Å². The van der Waals surface area contributed by atoms with Crippen LogP contribution in [0.15, 0.2) is 48.5 Å². The Morgan fingerprint density at radius 3 is 2.36 bits per heavy atom. The molecule has 2 aromatic carbocycles. The lowest BCUT2D eigenvalue weighted by Crippen LogP contribution is -2.39. The lowest BCUT2D eigenvalue weighted by atomic mass is 9.99. The van der Waals surface area contributed by atoms with Crippen molar-refractivity contribution in [2.45, 2.75) is 32.2 Å². The maximum atomic E-state index is 12.4. The van der Waals surface area contributed by atoms with Crippen molar-refractivity contribution in [3.05, 3.63) is 65.2 Å². The van der Waals surface area contributed by atoms with Crippen molar-refractivity contribution in [2.24, 2.45) is 0 Å². The molecule has 0 aromatic heterocycles. The fraction of sp³-hybridized carbons (Fsp3) is 0.300. The number of para-hydroxylation sites is 1. The second-order valence-electron chi connectivity index (χ2n) is 5.98. The average molecular weight is 341 g/mol. The maximum absolute atomic E-state index is 12.4. The average Bonchev–Trinajstić information content (AvgIpc) is 2.56. The number of benzene rings is 2. The SMILES string of the molecule is COc1ccccc1CC(=O)N[C@H](CC(=O)O)Cc1ccccc1C. The van der Waals surface area contributed by atoms with Gasteiger partial charge in [0, 0.05) is 11.6 Å². The van der Waals surface area contributed by atoms with Gasteiger partial charge in [0.25, 0.3) is 0 Å². The Morgan fingerprint density at radius 1 is 1.08 bits per heavy atom. The van der Waals surface area contributed by atoms with Crippen molar-refractivity contribution in [3.8, 4) is 5.75 Å². The molecule has 0 aliphatic rings. The minimum Gasteiger partial charge on any atom is -0.496 e. The number of carboxylic acids is 1. The van der Waals surface area contributed by atoms with Gasteiger partial charge in [-0.15, -0.1) is 0 Å². The van der Waals surface area contributed by atoms with E-state index in [0.717, 1.165) is 16.7 Å². The topological polar surface area (TPSA) is 75.6 Å². The van der Waals surface area contributed by atoms with E-state index in [2.05, 4.69) is 5.32 Å². The Labute approximate surface area is 147 Å². The molecule has 0 saturated heterocycles. The first-order chi connectivity index (χ1) is 12.0. The molecule has 0 saturated carbocycles. The van der Waals surface area contributed by atoms with Gasteiger partial charge in [-0.2, -0.15) is 0 Å². The molecule has 25 heavy (non-hydrogen) atoms. The normalized spacial score (nSPS) is 11.6. The highest BCUT2D eigenvalue weighted by Crippen LogP contribution is 2.18. The van der Waals surface area contributed by atoms with E-state index >= 15 is 0 Å². The Kier molecular flexibility index (Phi) is 6.57. The molecule has 1 amide bonds. The van der Waals surface area contributed by atoms with Crippen LogP contribution in [0.4, 0.5) is 0 Å². The minimum absolute atomic E-state index is 0.119. The first-order valence-electron chi connectivity index (χ1n) is 8.17. The molecular weight excluding hydrogens is 318 g/mol. The Hall–Kier alpha value is -2.82. The van der Waals surface area contributed by atoms with Crippen LogP contribution in [0.5, 0.6) is 5.75 Å².